The molecule has 2 atom stereocenters. The van der Waals surface area contributed by atoms with E-state index in [2.05, 4.69) is 0 Å². The predicted octanol–water partition coefficient (Wildman–Crippen LogP) is 1.61. The van der Waals surface area contributed by atoms with Crippen molar-refractivity contribution in [2.45, 2.75) is 44.0 Å². The Morgan fingerprint density at radius 3 is 1.38 bits per heavy atom. The van der Waals surface area contributed by atoms with E-state index in [4.69, 9.17) is 14.2 Å². The van der Waals surface area contributed by atoms with Crippen LogP contribution in [0.3, 0.4) is 0 Å². The molecule has 1 aliphatic carbocycles. The first-order chi connectivity index (χ1) is 6.30. The molecule has 1 aliphatic rings. The lowest BCUT2D eigenvalue weighted by Gasteiger charge is -2.18. The van der Waals surface area contributed by atoms with Crippen LogP contribution in [-0.4, -0.2) is 39.6 Å². The molecule has 13 heavy (non-hydrogen) atoms. The maximum Gasteiger partial charge on any atom is 0.0620 e. The zero-order valence-corrected chi connectivity index (χ0v) is 8.79. The first kappa shape index (κ1) is 11.0. The van der Waals surface area contributed by atoms with Crippen LogP contribution in [0, 0.1) is 0 Å². The maximum atomic E-state index is 5.38. The van der Waals surface area contributed by atoms with Crippen molar-refractivity contribution in [3.05, 3.63) is 0 Å². The van der Waals surface area contributed by atoms with Gasteiger partial charge in [0.1, 0.15) is 0 Å². The van der Waals surface area contributed by atoms with Gasteiger partial charge >= 0.3 is 0 Å². The van der Waals surface area contributed by atoms with Crippen molar-refractivity contribution in [1.29, 1.82) is 0 Å². The number of rotatable bonds is 3. The van der Waals surface area contributed by atoms with E-state index in [-0.39, 0.29) is 6.10 Å². The largest absolute Gasteiger partial charge is 0.381 e. The summed E-state index contributed by atoms with van der Waals surface area (Å²) in [4.78, 5) is 0. The summed E-state index contributed by atoms with van der Waals surface area (Å²) in [7, 11) is 5.30. The van der Waals surface area contributed by atoms with Gasteiger partial charge in [0.2, 0.25) is 0 Å². The van der Waals surface area contributed by atoms with E-state index in [1.54, 1.807) is 21.3 Å². The van der Waals surface area contributed by atoms with E-state index in [1.165, 1.54) is 0 Å². The van der Waals surface area contributed by atoms with Crippen molar-refractivity contribution in [3.8, 4) is 0 Å². The average Bonchev–Trinajstić information content (AvgIpc) is 2.39. The van der Waals surface area contributed by atoms with E-state index in [0.717, 1.165) is 25.7 Å². The molecule has 0 bridgehead atoms. The van der Waals surface area contributed by atoms with Crippen LogP contribution in [0.15, 0.2) is 0 Å². The van der Waals surface area contributed by atoms with Gasteiger partial charge in [-0.2, -0.15) is 0 Å². The Labute approximate surface area is 80.4 Å². The highest BCUT2D eigenvalue weighted by Crippen LogP contribution is 2.23. The van der Waals surface area contributed by atoms with E-state index >= 15 is 0 Å². The summed E-state index contributed by atoms with van der Waals surface area (Å²) >= 11 is 0. The topological polar surface area (TPSA) is 27.7 Å². The first-order valence-electron chi connectivity index (χ1n) is 4.88. The fraction of sp³-hybridized carbons (Fsp3) is 1.00. The van der Waals surface area contributed by atoms with Gasteiger partial charge in [-0.1, -0.05) is 0 Å². The molecule has 2 unspecified atom stereocenters. The minimum Gasteiger partial charge on any atom is -0.381 e. The van der Waals surface area contributed by atoms with E-state index in [1.807, 2.05) is 0 Å². The maximum absolute atomic E-state index is 5.38. The van der Waals surface area contributed by atoms with Gasteiger partial charge in [0, 0.05) is 21.3 Å². The predicted molar refractivity (Wildman–Crippen MR) is 50.9 cm³/mol. The Balaban J connectivity index is 2.46. The van der Waals surface area contributed by atoms with Gasteiger partial charge in [-0.05, 0) is 25.7 Å². The highest BCUT2D eigenvalue weighted by Gasteiger charge is 2.25. The molecule has 1 fully saturated rings. The molecule has 0 spiro atoms. The molecule has 78 valence electrons. The highest BCUT2D eigenvalue weighted by molar-refractivity contribution is 4.77. The van der Waals surface area contributed by atoms with Crippen LogP contribution in [0.25, 0.3) is 0 Å². The normalized spacial score (nSPS) is 35.8. The highest BCUT2D eigenvalue weighted by atomic mass is 16.5. The molecule has 0 aromatic carbocycles. The Morgan fingerprint density at radius 1 is 0.692 bits per heavy atom. The van der Waals surface area contributed by atoms with Crippen molar-refractivity contribution >= 4 is 0 Å². The van der Waals surface area contributed by atoms with Crippen molar-refractivity contribution in [1.82, 2.24) is 0 Å². The van der Waals surface area contributed by atoms with Crippen LogP contribution in [0.5, 0.6) is 0 Å². The molecule has 0 saturated heterocycles. The molecule has 0 radical (unpaired) electrons. The van der Waals surface area contributed by atoms with Crippen molar-refractivity contribution < 1.29 is 14.2 Å². The second kappa shape index (κ2) is 5.58. The lowest BCUT2D eigenvalue weighted by molar-refractivity contribution is 0.0107. The zero-order valence-electron chi connectivity index (χ0n) is 8.79. The van der Waals surface area contributed by atoms with E-state index < -0.39 is 0 Å². The molecule has 3 heteroatoms. The smallest absolute Gasteiger partial charge is 0.0620 e. The van der Waals surface area contributed by atoms with Crippen LogP contribution in [-0.2, 0) is 14.2 Å². The average molecular weight is 188 g/mol. The number of hydrogen-bond donors (Lipinski definition) is 0. The summed E-state index contributed by atoms with van der Waals surface area (Å²) in [6.45, 7) is 0. The van der Waals surface area contributed by atoms with Gasteiger partial charge in [-0.3, -0.25) is 0 Å². The second-order valence-electron chi connectivity index (χ2n) is 3.62. The van der Waals surface area contributed by atoms with Crippen molar-refractivity contribution in [2.75, 3.05) is 21.3 Å². The van der Waals surface area contributed by atoms with Crippen molar-refractivity contribution in [3.63, 3.8) is 0 Å². The van der Waals surface area contributed by atoms with Gasteiger partial charge in [-0.15, -0.1) is 0 Å². The van der Waals surface area contributed by atoms with E-state index in [0.29, 0.717) is 12.2 Å². The van der Waals surface area contributed by atoms with Crippen LogP contribution in [0.1, 0.15) is 25.7 Å². The van der Waals surface area contributed by atoms with Crippen LogP contribution in [0.2, 0.25) is 0 Å². The molecule has 0 amide bonds. The summed E-state index contributed by atoms with van der Waals surface area (Å²) in [5.74, 6) is 0. The summed E-state index contributed by atoms with van der Waals surface area (Å²) in [5, 5.41) is 0. The molecular weight excluding hydrogens is 168 g/mol. The third kappa shape index (κ3) is 3.25. The molecule has 1 rings (SSSR count). The summed E-state index contributed by atoms with van der Waals surface area (Å²) < 4.78 is 16.1. The molecule has 0 N–H and O–H groups in total. The number of methoxy groups -OCH3 is 3. The SMILES string of the molecule is COC1CCC(OC)CC(OC)C1. The fourth-order valence-electron chi connectivity index (χ4n) is 1.91. The van der Waals surface area contributed by atoms with Crippen LogP contribution in [0.4, 0.5) is 0 Å². The fourth-order valence-corrected chi connectivity index (χ4v) is 1.91. The lowest BCUT2D eigenvalue weighted by Crippen LogP contribution is -2.21. The number of hydrogen-bond acceptors (Lipinski definition) is 3. The third-order valence-corrected chi connectivity index (χ3v) is 2.86. The van der Waals surface area contributed by atoms with E-state index in [9.17, 15) is 0 Å². The minimum absolute atomic E-state index is 0.289. The zero-order chi connectivity index (χ0) is 9.68. The van der Waals surface area contributed by atoms with Gasteiger partial charge in [0.15, 0.2) is 0 Å². The third-order valence-electron chi connectivity index (χ3n) is 2.86. The first-order valence-corrected chi connectivity index (χ1v) is 4.88. The molecule has 0 aromatic rings. The van der Waals surface area contributed by atoms with Gasteiger partial charge in [0.05, 0.1) is 18.3 Å². The van der Waals surface area contributed by atoms with Gasteiger partial charge < -0.3 is 14.2 Å². The molecular formula is C10H20O3. The lowest BCUT2D eigenvalue weighted by atomic mass is 10.1. The quantitative estimate of drug-likeness (QED) is 0.630. The Morgan fingerprint density at radius 2 is 1.08 bits per heavy atom. The molecule has 0 aromatic heterocycles. The number of ether oxygens (including phenoxy) is 3. The monoisotopic (exact) mass is 188 g/mol. The minimum atomic E-state index is 0.289. The summed E-state index contributed by atoms with van der Waals surface area (Å²) in [6.07, 6.45) is 5.11. The van der Waals surface area contributed by atoms with Crippen molar-refractivity contribution in [2.24, 2.45) is 0 Å². The summed E-state index contributed by atoms with van der Waals surface area (Å²) in [5.41, 5.74) is 0. The molecule has 0 heterocycles. The van der Waals surface area contributed by atoms with Crippen LogP contribution >= 0.6 is 0 Å². The van der Waals surface area contributed by atoms with Gasteiger partial charge in [-0.25, -0.2) is 0 Å². The summed E-state index contributed by atoms with van der Waals surface area (Å²) in [6, 6.07) is 0. The molecule has 3 nitrogen and oxygen atoms in total. The van der Waals surface area contributed by atoms with Crippen LogP contribution < -0.4 is 0 Å². The standard InChI is InChI=1S/C10H20O3/c1-11-8-4-5-9(12-2)7-10(6-8)13-3/h8-10H,4-7H2,1-3H3. The molecule has 1 saturated carbocycles. The Bertz CT molecular complexity index is 124. The molecule has 0 aliphatic heterocycles. The van der Waals surface area contributed by atoms with Gasteiger partial charge in [0.25, 0.3) is 0 Å². The second-order valence-corrected chi connectivity index (χ2v) is 3.62. The Kier molecular flexibility index (Phi) is 4.70. The Hall–Kier alpha value is -0.120.